The molecule has 0 radical (unpaired) electrons. The first kappa shape index (κ1) is 60.1. The lowest BCUT2D eigenvalue weighted by Crippen LogP contribution is -2.57. The number of anilines is 2. The predicted octanol–water partition coefficient (Wildman–Crippen LogP) is 6.10. The fourth-order valence-corrected chi connectivity index (χ4v) is 11.3. The van der Waals surface area contributed by atoms with Gasteiger partial charge in [-0.2, -0.15) is 13.2 Å². The van der Waals surface area contributed by atoms with E-state index in [4.69, 9.17) is 0 Å². The molecule has 3 aliphatic heterocycles. The molecule has 18 nitrogen and oxygen atoms in total. The molecule has 0 bridgehead atoms. The third kappa shape index (κ3) is 16.1. The molecule has 5 aromatic rings. The zero-order valence-corrected chi connectivity index (χ0v) is 47.5. The summed E-state index contributed by atoms with van der Waals surface area (Å²) in [6.45, 7) is 15.6. The Morgan fingerprint density at radius 2 is 1.49 bits per heavy atom. The molecule has 434 valence electrons. The second-order valence-electron chi connectivity index (χ2n) is 22.4. The summed E-state index contributed by atoms with van der Waals surface area (Å²) in [5.74, 6) is -2.25. The van der Waals surface area contributed by atoms with Crippen LogP contribution in [0.3, 0.4) is 0 Å². The van der Waals surface area contributed by atoms with Crippen LogP contribution in [0.5, 0.6) is 0 Å². The van der Waals surface area contributed by atoms with Crippen molar-refractivity contribution < 1.29 is 42.3 Å². The highest BCUT2D eigenvalue weighted by molar-refractivity contribution is 7.13. The number of amides is 5. The van der Waals surface area contributed by atoms with E-state index in [1.54, 1.807) is 22.9 Å². The predicted molar refractivity (Wildman–Crippen MR) is 306 cm³/mol. The fourth-order valence-electron chi connectivity index (χ4n) is 10.5. The number of aliphatic hydroxyl groups excluding tert-OH is 1. The number of piperazine rings is 2. The molecule has 0 aliphatic carbocycles. The van der Waals surface area contributed by atoms with E-state index in [-0.39, 0.29) is 50.1 Å². The van der Waals surface area contributed by atoms with E-state index >= 15 is 0 Å². The molecule has 0 saturated carbocycles. The van der Waals surface area contributed by atoms with Gasteiger partial charge < -0.3 is 46.1 Å². The molecule has 0 unspecified atom stereocenters. The van der Waals surface area contributed by atoms with Gasteiger partial charge in [-0.1, -0.05) is 69.3 Å². The Hall–Kier alpha value is -6.98. The summed E-state index contributed by atoms with van der Waals surface area (Å²) in [5, 5.41) is 22.2. The number of likely N-dealkylation sites (N-methyl/N-ethyl adjacent to an activating group) is 1. The van der Waals surface area contributed by atoms with Crippen molar-refractivity contribution in [3.8, 4) is 21.6 Å². The summed E-state index contributed by atoms with van der Waals surface area (Å²) in [6.07, 6.45) is -3.65. The molecule has 3 fully saturated rings. The molecule has 0 spiro atoms. The Balaban J connectivity index is 0.753. The third-order valence-electron chi connectivity index (χ3n) is 15.2. The van der Waals surface area contributed by atoms with Gasteiger partial charge in [-0.05, 0) is 78.2 Å². The van der Waals surface area contributed by atoms with Crippen LogP contribution in [0.15, 0.2) is 89.3 Å². The van der Waals surface area contributed by atoms with Crippen molar-refractivity contribution in [2.24, 2.45) is 5.41 Å². The molecule has 3 saturated heterocycles. The van der Waals surface area contributed by atoms with Crippen LogP contribution in [-0.2, 0) is 38.4 Å². The van der Waals surface area contributed by atoms with Gasteiger partial charge in [0.2, 0.25) is 29.2 Å². The van der Waals surface area contributed by atoms with Crippen molar-refractivity contribution in [3.05, 3.63) is 123 Å². The lowest BCUT2D eigenvalue weighted by atomic mass is 9.85. The molecule has 8 rings (SSSR count). The number of carbonyl (C=O) groups is 5. The Labute approximate surface area is 474 Å². The Bertz CT molecular complexity index is 3070. The largest absolute Gasteiger partial charge is 0.417 e. The number of benzene rings is 3. The standard InChI is InChI=1S/C59H74F3N11O7S/c1-38-53(81-37-66-38)41-15-13-39(14-16-41)33-65-56(79)49-31-44(74)36-73(49)57(80)54(58(2,3)4)68-51(76)12-7-6-11-50(75)63-19-20-70-23-25-71(26-24-70)35-40-9-8-10-42(29-40)43-17-18-48(72-27-21-69(5)22-28-72)47(30-43)67-55(78)45-34-64-52(77)32-46(45)59(60,61)62/h8-10,13-18,29-30,32,34,37,44,49,54,74H,6-7,11-12,19-28,31,33,35-36H2,1-5H3,(H,63,75)(H,64,77)(H,65,79)(H,67,78)(H,68,76)/t44-,49+,54-/m1/s1. The van der Waals surface area contributed by atoms with Crippen molar-refractivity contribution in [2.45, 2.75) is 97.3 Å². The van der Waals surface area contributed by atoms with Crippen LogP contribution < -0.4 is 31.7 Å². The molecule has 2 aromatic heterocycles. The van der Waals surface area contributed by atoms with Crippen LogP contribution in [0.25, 0.3) is 21.6 Å². The van der Waals surface area contributed by atoms with Gasteiger partial charge in [0.15, 0.2) is 0 Å². The smallest absolute Gasteiger partial charge is 0.391 e. The number of halogens is 3. The zero-order chi connectivity index (χ0) is 58.0. The Kier molecular flexibility index (Phi) is 19.8. The summed E-state index contributed by atoms with van der Waals surface area (Å²) in [5.41, 5.74) is 4.78. The number of nitrogens with zero attached hydrogens (tertiary/aromatic N) is 6. The highest BCUT2D eigenvalue weighted by atomic mass is 32.1. The molecule has 5 heterocycles. The van der Waals surface area contributed by atoms with Crippen molar-refractivity contribution in [3.63, 3.8) is 0 Å². The van der Waals surface area contributed by atoms with Gasteiger partial charge in [0.05, 0.1) is 44.7 Å². The summed E-state index contributed by atoms with van der Waals surface area (Å²) in [7, 11) is 2.01. The topological polar surface area (TPSA) is 216 Å². The molecule has 3 atom stereocenters. The van der Waals surface area contributed by atoms with Crippen LogP contribution in [0.1, 0.15) is 85.6 Å². The maximum absolute atomic E-state index is 14.1. The zero-order valence-electron chi connectivity index (χ0n) is 46.7. The molecular weight excluding hydrogens is 1060 g/mol. The quantitative estimate of drug-likeness (QED) is 0.0488. The highest BCUT2D eigenvalue weighted by Gasteiger charge is 2.44. The fraction of sp³-hybridized carbons (Fsp3) is 0.475. The lowest BCUT2D eigenvalue weighted by molar-refractivity contribution is -0.144. The van der Waals surface area contributed by atoms with Crippen LogP contribution in [-0.4, -0.2) is 161 Å². The van der Waals surface area contributed by atoms with Crippen molar-refractivity contribution in [2.75, 3.05) is 89.3 Å². The van der Waals surface area contributed by atoms with E-state index in [0.29, 0.717) is 63.0 Å². The first-order valence-electron chi connectivity index (χ1n) is 27.6. The van der Waals surface area contributed by atoms with E-state index < -0.39 is 58.3 Å². The number of hydrogen-bond acceptors (Lipinski definition) is 13. The number of aryl methyl sites for hydroxylation is 1. The van der Waals surface area contributed by atoms with Gasteiger partial charge >= 0.3 is 6.18 Å². The molecule has 3 aliphatic rings. The van der Waals surface area contributed by atoms with Crippen LogP contribution in [0.2, 0.25) is 0 Å². The van der Waals surface area contributed by atoms with Gasteiger partial charge in [-0.15, -0.1) is 11.3 Å². The van der Waals surface area contributed by atoms with Gasteiger partial charge in [0.25, 0.3) is 5.91 Å². The number of thiazole rings is 1. The molecular formula is C59H74F3N11O7S. The SMILES string of the molecule is Cc1ncsc1-c1ccc(CNC(=O)[C@@H]2C[C@@H](O)CN2C(=O)[C@@H](NC(=O)CCCCC(=O)NCCN2CCN(Cc3cccc(-c4ccc(N5CCN(C)CC5)c(NC(=O)c5c[nH]c(=O)cc5C(F)(F)F)c4)c3)CC2)C(C)(C)C)cc1. The van der Waals surface area contributed by atoms with E-state index in [2.05, 4.69) is 56.9 Å². The van der Waals surface area contributed by atoms with Crippen LogP contribution in [0.4, 0.5) is 24.5 Å². The molecule has 6 N–H and O–H groups in total. The minimum absolute atomic E-state index is 0.0257. The Morgan fingerprint density at radius 1 is 0.815 bits per heavy atom. The minimum Gasteiger partial charge on any atom is -0.391 e. The number of unbranched alkanes of at least 4 members (excludes halogenated alkanes) is 1. The van der Waals surface area contributed by atoms with Gasteiger partial charge in [0, 0.05) is 117 Å². The summed E-state index contributed by atoms with van der Waals surface area (Å²) in [4.78, 5) is 97.0. The number of β-amino-alcohol motifs (C(OH)–C–C–N with tert-alkyl or cyclic N) is 1. The highest BCUT2D eigenvalue weighted by Crippen LogP contribution is 2.36. The second-order valence-corrected chi connectivity index (χ2v) is 23.3. The summed E-state index contributed by atoms with van der Waals surface area (Å²) < 4.78 is 41.9. The van der Waals surface area contributed by atoms with Crippen LogP contribution >= 0.6 is 11.3 Å². The number of rotatable bonds is 20. The number of aromatic amines is 1. The number of likely N-dealkylation sites (tertiary alicyclic amines) is 1. The average molecular weight is 1140 g/mol. The Morgan fingerprint density at radius 3 is 2.17 bits per heavy atom. The van der Waals surface area contributed by atoms with E-state index in [1.807, 2.05) is 89.3 Å². The molecule has 5 amide bonds. The van der Waals surface area contributed by atoms with E-state index in [1.165, 1.54) is 4.90 Å². The number of pyridine rings is 1. The monoisotopic (exact) mass is 1140 g/mol. The third-order valence-corrected chi connectivity index (χ3v) is 16.2. The van der Waals surface area contributed by atoms with Gasteiger partial charge in [0.1, 0.15) is 12.1 Å². The number of H-pyrrole nitrogens is 1. The molecule has 22 heteroatoms. The van der Waals surface area contributed by atoms with E-state index in [9.17, 15) is 47.0 Å². The van der Waals surface area contributed by atoms with Crippen molar-refractivity contribution in [1.29, 1.82) is 0 Å². The van der Waals surface area contributed by atoms with Gasteiger partial charge in [-0.3, -0.25) is 38.6 Å². The lowest BCUT2D eigenvalue weighted by Gasteiger charge is -2.35. The van der Waals surface area contributed by atoms with Crippen LogP contribution in [0, 0.1) is 12.3 Å². The maximum Gasteiger partial charge on any atom is 0.417 e. The maximum atomic E-state index is 14.1. The number of aliphatic hydroxyl groups is 1. The molecule has 81 heavy (non-hydrogen) atoms. The number of carbonyl (C=O) groups excluding carboxylic acids is 5. The summed E-state index contributed by atoms with van der Waals surface area (Å²) >= 11 is 1.56. The number of hydrogen-bond donors (Lipinski definition) is 6. The number of alkyl halides is 3. The molecule has 3 aromatic carbocycles. The van der Waals surface area contributed by atoms with Crippen molar-refractivity contribution in [1.82, 2.24) is 45.5 Å². The first-order valence-corrected chi connectivity index (χ1v) is 28.5. The minimum atomic E-state index is -4.91. The average Bonchev–Trinajstić information content (AvgIpc) is 4.08. The van der Waals surface area contributed by atoms with Gasteiger partial charge in [-0.25, -0.2) is 4.98 Å². The normalized spacial score (nSPS) is 17.9. The first-order chi connectivity index (χ1) is 38.6. The summed E-state index contributed by atoms with van der Waals surface area (Å²) in [6, 6.07) is 20.0. The number of nitrogens with one attached hydrogen (secondary N) is 5. The van der Waals surface area contributed by atoms with Crippen molar-refractivity contribution >= 4 is 52.2 Å². The second kappa shape index (κ2) is 26.7. The number of aromatic nitrogens is 2. The van der Waals surface area contributed by atoms with E-state index in [0.717, 1.165) is 83.9 Å².